The van der Waals surface area contributed by atoms with Crippen LogP contribution in [0.3, 0.4) is 0 Å². The maximum Gasteiger partial charge on any atom is 0.128 e. The van der Waals surface area contributed by atoms with Crippen LogP contribution in [0.5, 0.6) is 0 Å². The van der Waals surface area contributed by atoms with Crippen LogP contribution in [0.15, 0.2) is 42.5 Å². The summed E-state index contributed by atoms with van der Waals surface area (Å²) in [6, 6.07) is 12.7. The Bertz CT molecular complexity index is 633. The Hall–Kier alpha value is -1.22. The second-order valence-electron chi connectivity index (χ2n) is 5.51. The zero-order valence-electron chi connectivity index (χ0n) is 11.2. The number of halogens is 3. The summed E-state index contributed by atoms with van der Waals surface area (Å²) in [6.45, 7) is 1.58. The van der Waals surface area contributed by atoms with Gasteiger partial charge < -0.3 is 0 Å². The minimum absolute atomic E-state index is 0.107. The first-order valence-electron chi connectivity index (χ1n) is 6.70. The lowest BCUT2D eigenvalue weighted by molar-refractivity contribution is 0.560. The third kappa shape index (κ3) is 2.18. The highest BCUT2D eigenvalue weighted by atomic mass is 79.9. The predicted octanol–water partition coefficient (Wildman–Crippen LogP) is 5.44. The quantitative estimate of drug-likeness (QED) is 0.654. The van der Waals surface area contributed by atoms with Gasteiger partial charge in [-0.3, -0.25) is 0 Å². The summed E-state index contributed by atoms with van der Waals surface area (Å²) in [5.41, 5.74) is 1.83. The third-order valence-corrected chi connectivity index (χ3v) is 5.54. The van der Waals surface area contributed by atoms with Gasteiger partial charge in [-0.25, -0.2) is 8.78 Å². The Morgan fingerprint density at radius 3 is 2.30 bits per heavy atom. The fraction of sp³-hybridized carbons (Fsp3) is 0.294. The largest absolute Gasteiger partial charge is 0.207 e. The number of benzene rings is 2. The normalized spacial score (nSPS) is 17.8. The second-order valence-corrected chi connectivity index (χ2v) is 6.42. The Morgan fingerprint density at radius 2 is 1.70 bits per heavy atom. The Kier molecular flexibility index (Phi) is 3.41. The molecule has 0 bridgehead atoms. The zero-order chi connectivity index (χ0) is 14.3. The molecule has 0 saturated heterocycles. The smallest absolute Gasteiger partial charge is 0.128 e. The SMILES string of the molecule is Cc1cc(F)c(C(Br)C2(c3ccccc3)CC2)cc1F. The van der Waals surface area contributed by atoms with E-state index >= 15 is 0 Å². The lowest BCUT2D eigenvalue weighted by atomic mass is 9.88. The molecule has 0 radical (unpaired) electrons. The first-order chi connectivity index (χ1) is 9.54. The lowest BCUT2D eigenvalue weighted by Gasteiger charge is -2.23. The molecule has 104 valence electrons. The monoisotopic (exact) mass is 336 g/mol. The van der Waals surface area contributed by atoms with Gasteiger partial charge in [0.2, 0.25) is 0 Å². The van der Waals surface area contributed by atoms with Crippen LogP contribution in [0.2, 0.25) is 0 Å². The minimum atomic E-state index is -0.352. The molecule has 20 heavy (non-hydrogen) atoms. The van der Waals surface area contributed by atoms with Crippen molar-refractivity contribution in [1.29, 1.82) is 0 Å². The molecule has 3 rings (SSSR count). The van der Waals surface area contributed by atoms with E-state index in [2.05, 4.69) is 28.1 Å². The van der Waals surface area contributed by atoms with Crippen LogP contribution in [0.4, 0.5) is 8.78 Å². The standard InChI is InChI=1S/C17H15BrF2/c1-11-9-15(20)13(10-14(11)19)16(18)17(7-8-17)12-5-3-2-4-6-12/h2-6,9-10,16H,7-8H2,1H3. The molecule has 2 aromatic rings. The van der Waals surface area contributed by atoms with Crippen LogP contribution in [0.1, 0.15) is 34.4 Å². The third-order valence-electron chi connectivity index (χ3n) is 4.17. The number of hydrogen-bond donors (Lipinski definition) is 0. The van der Waals surface area contributed by atoms with Gasteiger partial charge in [0, 0.05) is 11.0 Å². The molecule has 0 nitrogen and oxygen atoms in total. The van der Waals surface area contributed by atoms with Gasteiger partial charge in [0.25, 0.3) is 0 Å². The topological polar surface area (TPSA) is 0 Å². The van der Waals surface area contributed by atoms with Crippen molar-refractivity contribution in [1.82, 2.24) is 0 Å². The molecule has 0 spiro atoms. The maximum absolute atomic E-state index is 14.2. The molecule has 3 heteroatoms. The van der Waals surface area contributed by atoms with Crippen LogP contribution >= 0.6 is 15.9 Å². The van der Waals surface area contributed by atoms with Crippen molar-refractivity contribution in [2.24, 2.45) is 0 Å². The van der Waals surface area contributed by atoms with Gasteiger partial charge in [-0.1, -0.05) is 46.3 Å². The number of alkyl halides is 1. The van der Waals surface area contributed by atoms with Crippen molar-refractivity contribution in [2.45, 2.75) is 30.0 Å². The molecular weight excluding hydrogens is 322 g/mol. The molecule has 1 aliphatic rings. The number of hydrogen-bond acceptors (Lipinski definition) is 0. The summed E-state index contributed by atoms with van der Waals surface area (Å²) in [5.74, 6) is -0.692. The Morgan fingerprint density at radius 1 is 1.05 bits per heavy atom. The summed E-state index contributed by atoms with van der Waals surface area (Å²) in [4.78, 5) is -0.201. The van der Waals surface area contributed by atoms with Crippen LogP contribution < -0.4 is 0 Å². The molecule has 0 aromatic heterocycles. The molecular formula is C17H15BrF2. The van der Waals surface area contributed by atoms with Gasteiger partial charge in [-0.2, -0.15) is 0 Å². The molecule has 0 N–H and O–H groups in total. The van der Waals surface area contributed by atoms with Gasteiger partial charge in [0.05, 0.1) is 4.83 Å². The van der Waals surface area contributed by atoms with Crippen molar-refractivity contribution in [3.05, 3.63) is 70.8 Å². The molecule has 1 aliphatic carbocycles. The molecule has 1 atom stereocenters. The van der Waals surface area contributed by atoms with E-state index in [9.17, 15) is 8.78 Å². The summed E-state index contributed by atoms with van der Waals surface area (Å²) < 4.78 is 27.9. The molecule has 0 amide bonds. The zero-order valence-corrected chi connectivity index (χ0v) is 12.8. The molecule has 0 heterocycles. The highest BCUT2D eigenvalue weighted by Gasteiger charge is 2.50. The Balaban J connectivity index is 2.01. The highest BCUT2D eigenvalue weighted by Crippen LogP contribution is 2.60. The Labute approximate surface area is 126 Å². The summed E-state index contributed by atoms with van der Waals surface area (Å²) in [5, 5.41) is 0. The van der Waals surface area contributed by atoms with Crippen molar-refractivity contribution < 1.29 is 8.78 Å². The maximum atomic E-state index is 14.2. The van der Waals surface area contributed by atoms with Crippen LogP contribution in [-0.2, 0) is 5.41 Å². The van der Waals surface area contributed by atoms with Gasteiger partial charge in [0.1, 0.15) is 11.6 Å². The van der Waals surface area contributed by atoms with Crippen molar-refractivity contribution in [3.8, 4) is 0 Å². The van der Waals surface area contributed by atoms with Crippen molar-refractivity contribution >= 4 is 15.9 Å². The molecule has 1 unspecified atom stereocenters. The first kappa shape index (κ1) is 13.7. The summed E-state index contributed by atoms with van der Waals surface area (Å²) >= 11 is 3.61. The van der Waals surface area contributed by atoms with E-state index in [4.69, 9.17) is 0 Å². The van der Waals surface area contributed by atoms with Crippen molar-refractivity contribution in [3.63, 3.8) is 0 Å². The summed E-state index contributed by atoms with van der Waals surface area (Å²) in [7, 11) is 0. The fourth-order valence-corrected chi connectivity index (χ4v) is 3.82. The molecule has 1 saturated carbocycles. The number of rotatable bonds is 3. The van der Waals surface area contributed by atoms with Crippen LogP contribution in [0, 0.1) is 18.6 Å². The molecule has 0 aliphatic heterocycles. The van der Waals surface area contributed by atoms with Crippen molar-refractivity contribution in [2.75, 3.05) is 0 Å². The second kappa shape index (κ2) is 4.96. The van der Waals surface area contributed by atoms with Crippen LogP contribution in [0.25, 0.3) is 0 Å². The van der Waals surface area contributed by atoms with E-state index in [1.165, 1.54) is 17.7 Å². The predicted molar refractivity (Wildman–Crippen MR) is 80.1 cm³/mol. The molecule has 2 aromatic carbocycles. The van der Waals surface area contributed by atoms with E-state index in [0.717, 1.165) is 12.8 Å². The fourth-order valence-electron chi connectivity index (χ4n) is 2.75. The van der Waals surface area contributed by atoms with E-state index in [-0.39, 0.29) is 21.9 Å². The van der Waals surface area contributed by atoms with E-state index in [1.807, 2.05) is 18.2 Å². The first-order valence-corrected chi connectivity index (χ1v) is 7.61. The average molecular weight is 337 g/mol. The van der Waals surface area contributed by atoms with E-state index < -0.39 is 0 Å². The van der Waals surface area contributed by atoms with Crippen LogP contribution in [-0.4, -0.2) is 0 Å². The lowest BCUT2D eigenvalue weighted by Crippen LogP contribution is -2.15. The van der Waals surface area contributed by atoms with E-state index in [1.54, 1.807) is 6.92 Å². The number of aryl methyl sites for hydroxylation is 1. The van der Waals surface area contributed by atoms with Gasteiger partial charge in [-0.15, -0.1) is 0 Å². The molecule has 1 fully saturated rings. The van der Waals surface area contributed by atoms with Gasteiger partial charge in [0.15, 0.2) is 0 Å². The van der Waals surface area contributed by atoms with Gasteiger partial charge >= 0.3 is 0 Å². The highest BCUT2D eigenvalue weighted by molar-refractivity contribution is 9.09. The van der Waals surface area contributed by atoms with E-state index in [0.29, 0.717) is 11.1 Å². The minimum Gasteiger partial charge on any atom is -0.207 e. The summed E-state index contributed by atoms with van der Waals surface area (Å²) in [6.07, 6.45) is 1.98. The average Bonchev–Trinajstić information content (AvgIpc) is 3.25. The van der Waals surface area contributed by atoms with Gasteiger partial charge in [-0.05, 0) is 43.0 Å².